The van der Waals surface area contributed by atoms with Crippen LogP contribution in [-0.2, 0) is 16.1 Å². The van der Waals surface area contributed by atoms with Gasteiger partial charge in [0, 0.05) is 50.9 Å². The summed E-state index contributed by atoms with van der Waals surface area (Å²) in [5, 5.41) is 3.02. The average molecular weight is 402 g/mol. The van der Waals surface area contributed by atoms with Gasteiger partial charge in [0.05, 0.1) is 0 Å². The van der Waals surface area contributed by atoms with Crippen molar-refractivity contribution < 1.29 is 9.59 Å². The fourth-order valence-electron chi connectivity index (χ4n) is 3.76. The highest BCUT2D eigenvalue weighted by Gasteiger charge is 2.30. The number of anilines is 2. The van der Waals surface area contributed by atoms with Crippen LogP contribution in [0, 0.1) is 17.8 Å². The second kappa shape index (κ2) is 10.7. The van der Waals surface area contributed by atoms with Gasteiger partial charge >= 0.3 is 0 Å². The van der Waals surface area contributed by atoms with E-state index in [-0.39, 0.29) is 17.7 Å². The highest BCUT2D eigenvalue weighted by atomic mass is 16.2. The first-order valence-corrected chi connectivity index (χ1v) is 11.1. The third-order valence-corrected chi connectivity index (χ3v) is 5.62. The summed E-state index contributed by atoms with van der Waals surface area (Å²) in [6, 6.07) is 6.02. The van der Waals surface area contributed by atoms with Crippen molar-refractivity contribution in [1.82, 2.24) is 4.90 Å². The van der Waals surface area contributed by atoms with Gasteiger partial charge in [-0.1, -0.05) is 27.7 Å². The quantitative estimate of drug-likeness (QED) is 0.573. The van der Waals surface area contributed by atoms with Crippen LogP contribution >= 0.6 is 0 Å². The van der Waals surface area contributed by atoms with E-state index in [0.29, 0.717) is 24.8 Å². The number of amides is 2. The second-order valence-electron chi connectivity index (χ2n) is 9.06. The molecule has 1 aromatic rings. The Morgan fingerprint density at radius 3 is 2.31 bits per heavy atom. The molecule has 0 radical (unpaired) electrons. The molecule has 0 saturated heterocycles. The molecule has 0 heterocycles. The minimum Gasteiger partial charge on any atom is -0.377 e. The zero-order chi connectivity index (χ0) is 21.6. The molecule has 1 aliphatic carbocycles. The Bertz CT molecular complexity index is 691. The van der Waals surface area contributed by atoms with Gasteiger partial charge in [-0.05, 0) is 61.3 Å². The van der Waals surface area contributed by atoms with Gasteiger partial charge in [0.2, 0.25) is 11.8 Å². The molecule has 0 aliphatic heterocycles. The lowest BCUT2D eigenvalue weighted by molar-refractivity contribution is -0.136. The summed E-state index contributed by atoms with van der Waals surface area (Å²) in [5.74, 6) is 1.35. The number of hydrogen-bond donors (Lipinski definition) is 1. The second-order valence-corrected chi connectivity index (χ2v) is 9.06. The summed E-state index contributed by atoms with van der Waals surface area (Å²) >= 11 is 0. The van der Waals surface area contributed by atoms with E-state index in [0.717, 1.165) is 36.3 Å². The van der Waals surface area contributed by atoms with E-state index in [2.05, 4.69) is 29.0 Å². The molecule has 2 rings (SSSR count). The lowest BCUT2D eigenvalue weighted by Crippen LogP contribution is -2.37. The molecule has 0 bridgehead atoms. The van der Waals surface area contributed by atoms with Crippen LogP contribution in [-0.4, -0.2) is 37.4 Å². The standard InChI is InChI=1S/C24H39N3O2/c1-7-19(8-2)24(29)27(15-18-9-10-18)16-20-14-21(11-12-22(20)26(5)6)25-23(28)13-17(3)4/h11-12,14,17-19H,7-10,13,15-16H2,1-6H3,(H,25,28). The van der Waals surface area contributed by atoms with E-state index in [9.17, 15) is 9.59 Å². The predicted octanol–water partition coefficient (Wildman–Crippen LogP) is 4.91. The topological polar surface area (TPSA) is 52.7 Å². The third-order valence-electron chi connectivity index (χ3n) is 5.62. The maximum atomic E-state index is 13.2. The van der Waals surface area contributed by atoms with Crippen LogP contribution in [0.5, 0.6) is 0 Å². The van der Waals surface area contributed by atoms with Crippen LogP contribution in [0.1, 0.15) is 65.4 Å². The number of carbonyl (C=O) groups excluding carboxylic acids is 2. The average Bonchev–Trinajstić information content (AvgIpc) is 3.45. The molecule has 1 aromatic carbocycles. The normalized spacial score (nSPS) is 13.7. The molecule has 5 nitrogen and oxygen atoms in total. The van der Waals surface area contributed by atoms with Crippen molar-refractivity contribution in [1.29, 1.82) is 0 Å². The van der Waals surface area contributed by atoms with E-state index in [1.165, 1.54) is 12.8 Å². The number of nitrogens with one attached hydrogen (secondary N) is 1. The summed E-state index contributed by atoms with van der Waals surface area (Å²) in [4.78, 5) is 29.5. The first-order chi connectivity index (χ1) is 13.7. The summed E-state index contributed by atoms with van der Waals surface area (Å²) in [5.41, 5.74) is 2.97. The van der Waals surface area contributed by atoms with Gasteiger partial charge in [0.25, 0.3) is 0 Å². The molecule has 0 atom stereocenters. The molecular weight excluding hydrogens is 362 g/mol. The molecule has 0 aromatic heterocycles. The third kappa shape index (κ3) is 7.06. The lowest BCUT2D eigenvalue weighted by Gasteiger charge is -2.29. The molecule has 1 saturated carbocycles. The minimum atomic E-state index is 0.0338. The van der Waals surface area contributed by atoms with Gasteiger partial charge in [-0.2, -0.15) is 0 Å². The summed E-state index contributed by atoms with van der Waals surface area (Å²) in [6.45, 7) is 9.70. The fraction of sp³-hybridized carbons (Fsp3) is 0.667. The number of carbonyl (C=O) groups is 2. The van der Waals surface area contributed by atoms with Crippen molar-refractivity contribution in [3.8, 4) is 0 Å². The number of nitrogens with zero attached hydrogens (tertiary/aromatic N) is 2. The van der Waals surface area contributed by atoms with Gasteiger partial charge < -0.3 is 15.1 Å². The Morgan fingerprint density at radius 2 is 1.79 bits per heavy atom. The van der Waals surface area contributed by atoms with E-state index >= 15 is 0 Å². The van der Waals surface area contributed by atoms with Crippen molar-refractivity contribution in [2.45, 2.75) is 66.3 Å². The summed E-state index contributed by atoms with van der Waals surface area (Å²) in [6.07, 6.45) is 4.70. The number of hydrogen-bond acceptors (Lipinski definition) is 3. The van der Waals surface area contributed by atoms with Crippen LogP contribution in [0.25, 0.3) is 0 Å². The lowest BCUT2D eigenvalue weighted by atomic mass is 10.0. The maximum Gasteiger partial charge on any atom is 0.225 e. The van der Waals surface area contributed by atoms with Crippen molar-refractivity contribution >= 4 is 23.2 Å². The van der Waals surface area contributed by atoms with Gasteiger partial charge in [-0.3, -0.25) is 9.59 Å². The molecule has 0 spiro atoms. The SMILES string of the molecule is CCC(CC)C(=O)N(Cc1cc(NC(=O)CC(C)C)ccc1N(C)C)CC1CC1. The monoisotopic (exact) mass is 401 g/mol. The van der Waals surface area contributed by atoms with Gasteiger partial charge in [0.15, 0.2) is 0 Å². The predicted molar refractivity (Wildman–Crippen MR) is 121 cm³/mol. The Balaban J connectivity index is 2.26. The minimum absolute atomic E-state index is 0.0338. The molecule has 1 fully saturated rings. The summed E-state index contributed by atoms with van der Waals surface area (Å²) < 4.78 is 0. The zero-order valence-corrected chi connectivity index (χ0v) is 19.1. The van der Waals surface area contributed by atoms with Crippen molar-refractivity contribution in [3.05, 3.63) is 23.8 Å². The molecule has 162 valence electrons. The molecule has 5 heteroatoms. The van der Waals surface area contributed by atoms with E-state index in [1.807, 2.05) is 46.1 Å². The molecule has 29 heavy (non-hydrogen) atoms. The molecule has 1 N–H and O–H groups in total. The Hall–Kier alpha value is -2.04. The highest BCUT2D eigenvalue weighted by molar-refractivity contribution is 5.91. The fourth-order valence-corrected chi connectivity index (χ4v) is 3.76. The molecular formula is C24H39N3O2. The first-order valence-electron chi connectivity index (χ1n) is 11.1. The van der Waals surface area contributed by atoms with Crippen molar-refractivity contribution in [2.75, 3.05) is 30.9 Å². The smallest absolute Gasteiger partial charge is 0.225 e. The van der Waals surface area contributed by atoms with E-state index in [4.69, 9.17) is 0 Å². The Morgan fingerprint density at radius 1 is 1.14 bits per heavy atom. The van der Waals surface area contributed by atoms with Crippen molar-refractivity contribution in [2.24, 2.45) is 17.8 Å². The van der Waals surface area contributed by atoms with Crippen molar-refractivity contribution in [3.63, 3.8) is 0 Å². The van der Waals surface area contributed by atoms with Crippen LogP contribution < -0.4 is 10.2 Å². The van der Waals surface area contributed by atoms with Gasteiger partial charge in [-0.25, -0.2) is 0 Å². The molecule has 1 aliphatic rings. The largest absolute Gasteiger partial charge is 0.377 e. The Labute approximate surface area is 176 Å². The molecule has 2 amide bonds. The maximum absolute atomic E-state index is 13.2. The van der Waals surface area contributed by atoms with Gasteiger partial charge in [-0.15, -0.1) is 0 Å². The van der Waals surface area contributed by atoms with Crippen LogP contribution in [0.4, 0.5) is 11.4 Å². The zero-order valence-electron chi connectivity index (χ0n) is 19.1. The van der Waals surface area contributed by atoms with E-state index in [1.54, 1.807) is 0 Å². The van der Waals surface area contributed by atoms with Crippen LogP contribution in [0.3, 0.4) is 0 Å². The van der Waals surface area contributed by atoms with E-state index < -0.39 is 0 Å². The first kappa shape index (κ1) is 23.2. The number of benzene rings is 1. The highest BCUT2D eigenvalue weighted by Crippen LogP contribution is 2.32. The molecule has 0 unspecified atom stereocenters. The van der Waals surface area contributed by atoms with Gasteiger partial charge in [0.1, 0.15) is 0 Å². The number of rotatable bonds is 11. The van der Waals surface area contributed by atoms with Crippen LogP contribution in [0.15, 0.2) is 18.2 Å². The Kier molecular flexibility index (Phi) is 8.54. The summed E-state index contributed by atoms with van der Waals surface area (Å²) in [7, 11) is 4.04. The van der Waals surface area contributed by atoms with Crippen LogP contribution in [0.2, 0.25) is 0 Å².